The van der Waals surface area contributed by atoms with Crippen molar-refractivity contribution in [1.82, 2.24) is 4.90 Å². The van der Waals surface area contributed by atoms with Gasteiger partial charge < -0.3 is 19.5 Å². The van der Waals surface area contributed by atoms with Gasteiger partial charge in [0.25, 0.3) is 11.6 Å². The van der Waals surface area contributed by atoms with Gasteiger partial charge in [0.2, 0.25) is 5.91 Å². The first-order valence-corrected chi connectivity index (χ1v) is 12.5. The van der Waals surface area contributed by atoms with Crippen molar-refractivity contribution in [2.45, 2.75) is 0 Å². The van der Waals surface area contributed by atoms with Crippen LogP contribution in [0.15, 0.2) is 101 Å². The lowest BCUT2D eigenvalue weighted by Crippen LogP contribution is -2.48. The van der Waals surface area contributed by atoms with Crippen LogP contribution in [0, 0.1) is 10.1 Å². The molecule has 1 aliphatic heterocycles. The number of carbonyl (C=O) groups is 2. The number of piperazine rings is 1. The summed E-state index contributed by atoms with van der Waals surface area (Å²) in [4.78, 5) is 39.8. The Kier molecular flexibility index (Phi) is 7.49. The molecule has 39 heavy (non-hydrogen) atoms. The minimum atomic E-state index is -0.478. The van der Waals surface area contributed by atoms with Crippen molar-refractivity contribution >= 4 is 35.0 Å². The first-order valence-electron chi connectivity index (χ1n) is 12.5. The van der Waals surface area contributed by atoms with Crippen LogP contribution in [-0.4, -0.2) is 47.8 Å². The molecule has 0 spiro atoms. The molecule has 0 radical (unpaired) electrons. The second-order valence-electron chi connectivity index (χ2n) is 9.03. The third-order valence-electron chi connectivity index (χ3n) is 6.47. The molecule has 3 aromatic carbocycles. The number of amides is 2. The van der Waals surface area contributed by atoms with E-state index < -0.39 is 10.8 Å². The maximum absolute atomic E-state index is 12.7. The molecule has 4 aromatic rings. The van der Waals surface area contributed by atoms with Crippen molar-refractivity contribution in [1.29, 1.82) is 0 Å². The lowest BCUT2D eigenvalue weighted by atomic mass is 10.1. The number of furan rings is 1. The normalized spacial score (nSPS) is 13.4. The van der Waals surface area contributed by atoms with Crippen LogP contribution in [-0.2, 0) is 4.79 Å². The fraction of sp³-hybridized carbons (Fsp3) is 0.133. The zero-order valence-corrected chi connectivity index (χ0v) is 21.0. The molecule has 0 unspecified atom stereocenters. The second kappa shape index (κ2) is 11.5. The van der Waals surface area contributed by atoms with E-state index in [1.165, 1.54) is 18.2 Å². The third-order valence-corrected chi connectivity index (χ3v) is 6.47. The average Bonchev–Trinajstić information content (AvgIpc) is 3.48. The number of benzene rings is 3. The summed E-state index contributed by atoms with van der Waals surface area (Å²) in [5.41, 5.74) is 3.07. The van der Waals surface area contributed by atoms with Gasteiger partial charge in [-0.2, -0.15) is 0 Å². The topological polar surface area (TPSA) is 109 Å². The summed E-state index contributed by atoms with van der Waals surface area (Å²) < 4.78 is 5.65. The maximum Gasteiger partial charge on any atom is 0.291 e. The first-order chi connectivity index (χ1) is 19.0. The highest BCUT2D eigenvalue weighted by Crippen LogP contribution is 2.26. The summed E-state index contributed by atoms with van der Waals surface area (Å²) in [5.74, 6) is 0.0494. The molecule has 1 aromatic heterocycles. The smallest absolute Gasteiger partial charge is 0.291 e. The standard InChI is InChI=1S/C30H26N4O5/c35-29(16-9-22-5-2-1-3-6-22)33-19-17-32(18-20-33)25-12-10-24(11-13-25)31-30(36)28-15-14-27(39-28)23-7-4-8-26(21-23)34(37)38/h1-16,21H,17-20H2,(H,31,36)/b16-9+. The molecule has 2 amide bonds. The van der Waals surface area contributed by atoms with Gasteiger partial charge in [-0.25, -0.2) is 0 Å². The van der Waals surface area contributed by atoms with Crippen LogP contribution in [0.5, 0.6) is 0 Å². The summed E-state index contributed by atoms with van der Waals surface area (Å²) in [6.45, 7) is 2.68. The lowest BCUT2D eigenvalue weighted by molar-refractivity contribution is -0.384. The first kappa shape index (κ1) is 25.5. The maximum atomic E-state index is 12.7. The summed E-state index contributed by atoms with van der Waals surface area (Å²) in [6.07, 6.45) is 3.45. The Balaban J connectivity index is 1.14. The van der Waals surface area contributed by atoms with Gasteiger partial charge in [0, 0.05) is 61.3 Å². The quantitative estimate of drug-likeness (QED) is 0.196. The van der Waals surface area contributed by atoms with Crippen molar-refractivity contribution in [3.05, 3.63) is 119 Å². The van der Waals surface area contributed by atoms with E-state index in [1.807, 2.05) is 65.6 Å². The highest BCUT2D eigenvalue weighted by molar-refractivity contribution is 6.02. The predicted octanol–water partition coefficient (Wildman–Crippen LogP) is 5.47. The van der Waals surface area contributed by atoms with Crippen LogP contribution in [0.3, 0.4) is 0 Å². The van der Waals surface area contributed by atoms with Gasteiger partial charge in [-0.05, 0) is 48.0 Å². The fourth-order valence-corrected chi connectivity index (χ4v) is 4.36. The minimum absolute atomic E-state index is 0.00290. The molecule has 2 heterocycles. The van der Waals surface area contributed by atoms with Crippen LogP contribution in [0.2, 0.25) is 0 Å². The molecule has 0 aliphatic carbocycles. The molecular formula is C30H26N4O5. The summed E-state index contributed by atoms with van der Waals surface area (Å²) in [7, 11) is 0. The highest BCUT2D eigenvalue weighted by atomic mass is 16.6. The van der Waals surface area contributed by atoms with Crippen molar-refractivity contribution in [3.8, 4) is 11.3 Å². The molecule has 9 heteroatoms. The van der Waals surface area contributed by atoms with E-state index in [1.54, 1.807) is 24.3 Å². The molecule has 0 saturated carbocycles. The highest BCUT2D eigenvalue weighted by Gasteiger charge is 2.20. The van der Waals surface area contributed by atoms with Crippen LogP contribution in [0.1, 0.15) is 16.1 Å². The molecule has 1 aliphatic rings. The molecule has 5 rings (SSSR count). The van der Waals surface area contributed by atoms with Crippen LogP contribution in [0.4, 0.5) is 17.1 Å². The Bertz CT molecular complexity index is 1500. The molecule has 9 nitrogen and oxygen atoms in total. The lowest BCUT2D eigenvalue weighted by Gasteiger charge is -2.35. The monoisotopic (exact) mass is 522 g/mol. The molecule has 196 valence electrons. The SMILES string of the molecule is O=C(Nc1ccc(N2CCN(C(=O)/C=C/c3ccccc3)CC2)cc1)c1ccc(-c2cccc([N+](=O)[O-])c2)o1. The van der Waals surface area contributed by atoms with Crippen molar-refractivity contribution in [2.24, 2.45) is 0 Å². The number of rotatable bonds is 7. The zero-order valence-electron chi connectivity index (χ0n) is 21.0. The largest absolute Gasteiger partial charge is 0.451 e. The number of anilines is 2. The van der Waals surface area contributed by atoms with Gasteiger partial charge in [-0.1, -0.05) is 42.5 Å². The van der Waals surface area contributed by atoms with E-state index >= 15 is 0 Å². The van der Waals surface area contributed by atoms with Crippen molar-refractivity contribution in [3.63, 3.8) is 0 Å². The van der Waals surface area contributed by atoms with Crippen LogP contribution >= 0.6 is 0 Å². The van der Waals surface area contributed by atoms with E-state index in [9.17, 15) is 19.7 Å². The Morgan fingerprint density at radius 2 is 1.62 bits per heavy atom. The van der Waals surface area contributed by atoms with Gasteiger partial charge in [-0.15, -0.1) is 0 Å². The number of nitrogens with zero attached hydrogens (tertiary/aromatic N) is 3. The molecule has 1 saturated heterocycles. The third kappa shape index (κ3) is 6.22. The van der Waals surface area contributed by atoms with Gasteiger partial charge >= 0.3 is 0 Å². The predicted molar refractivity (Wildman–Crippen MR) is 149 cm³/mol. The number of nitro benzene ring substituents is 1. The second-order valence-corrected chi connectivity index (χ2v) is 9.03. The number of nitrogens with one attached hydrogen (secondary N) is 1. The number of hydrogen-bond acceptors (Lipinski definition) is 6. The minimum Gasteiger partial charge on any atom is -0.451 e. The molecule has 1 N–H and O–H groups in total. The van der Waals surface area contributed by atoms with Crippen molar-refractivity contribution < 1.29 is 18.9 Å². The molecule has 1 fully saturated rings. The van der Waals surface area contributed by atoms with E-state index in [0.29, 0.717) is 43.2 Å². The number of non-ortho nitro benzene ring substituents is 1. The zero-order chi connectivity index (χ0) is 27.2. The number of carbonyl (C=O) groups excluding carboxylic acids is 2. The molecule has 0 atom stereocenters. The molecule has 0 bridgehead atoms. The van der Waals surface area contributed by atoms with Gasteiger partial charge in [0.15, 0.2) is 5.76 Å². The average molecular weight is 523 g/mol. The van der Waals surface area contributed by atoms with E-state index in [2.05, 4.69) is 10.2 Å². The Morgan fingerprint density at radius 3 is 2.33 bits per heavy atom. The number of nitro groups is 1. The van der Waals surface area contributed by atoms with E-state index in [4.69, 9.17) is 4.42 Å². The fourth-order valence-electron chi connectivity index (χ4n) is 4.36. The van der Waals surface area contributed by atoms with Gasteiger partial charge in [0.1, 0.15) is 5.76 Å². The summed E-state index contributed by atoms with van der Waals surface area (Å²) in [5, 5.41) is 13.8. The van der Waals surface area contributed by atoms with Crippen molar-refractivity contribution in [2.75, 3.05) is 36.4 Å². The Morgan fingerprint density at radius 1 is 0.872 bits per heavy atom. The number of hydrogen-bond donors (Lipinski definition) is 1. The molecular weight excluding hydrogens is 496 g/mol. The van der Waals surface area contributed by atoms with Crippen LogP contribution in [0.25, 0.3) is 17.4 Å². The van der Waals surface area contributed by atoms with Crippen LogP contribution < -0.4 is 10.2 Å². The van der Waals surface area contributed by atoms with Gasteiger partial charge in [-0.3, -0.25) is 19.7 Å². The van der Waals surface area contributed by atoms with Gasteiger partial charge in [0.05, 0.1) is 4.92 Å². The van der Waals surface area contributed by atoms with E-state index in [0.717, 1.165) is 11.3 Å². The Hall–Kier alpha value is -5.18. The van der Waals surface area contributed by atoms with E-state index in [-0.39, 0.29) is 17.4 Å². The summed E-state index contributed by atoms with van der Waals surface area (Å²) in [6, 6.07) is 26.4. The Labute approximate surface area is 225 Å². The summed E-state index contributed by atoms with van der Waals surface area (Å²) >= 11 is 0.